The first kappa shape index (κ1) is 15.9. The Balaban J connectivity index is 1.87. The zero-order valence-electron chi connectivity index (χ0n) is 12.3. The number of aromatic nitrogens is 2. The topological polar surface area (TPSA) is 46.9 Å². The fourth-order valence-electron chi connectivity index (χ4n) is 2.27. The Bertz CT molecular complexity index is 838. The number of rotatable bonds is 4. The summed E-state index contributed by atoms with van der Waals surface area (Å²) in [7, 11) is 1.82. The number of para-hydroxylation sites is 1. The van der Waals surface area contributed by atoms with Crippen molar-refractivity contribution in [2.24, 2.45) is 7.05 Å². The van der Waals surface area contributed by atoms with E-state index in [0.717, 1.165) is 15.9 Å². The Morgan fingerprint density at radius 3 is 2.83 bits per heavy atom. The Morgan fingerprint density at radius 1 is 1.39 bits per heavy atom. The summed E-state index contributed by atoms with van der Waals surface area (Å²) >= 11 is 1.74. The minimum Gasteiger partial charge on any atom is -0.320 e. The number of hydrogen-bond donors (Lipinski definition) is 1. The zero-order valence-corrected chi connectivity index (χ0v) is 14.0. The molecule has 120 valence electrons. The Morgan fingerprint density at radius 2 is 2.13 bits per heavy atom. The summed E-state index contributed by atoms with van der Waals surface area (Å²) in [6.07, 6.45) is 0. The Labute approximate surface area is 139 Å². The second-order valence-electron chi connectivity index (χ2n) is 4.87. The molecule has 0 aliphatic rings. The Kier molecular flexibility index (Phi) is 4.36. The third-order valence-electron chi connectivity index (χ3n) is 3.27. The molecule has 0 aliphatic heterocycles. The van der Waals surface area contributed by atoms with E-state index in [0.29, 0.717) is 27.2 Å². The molecule has 0 saturated heterocycles. The highest BCUT2D eigenvalue weighted by Gasteiger charge is 2.17. The normalized spacial score (nSPS) is 11.3. The highest BCUT2D eigenvalue weighted by molar-refractivity contribution is 7.99. The first-order valence-electron chi connectivity index (χ1n) is 6.74. The van der Waals surface area contributed by atoms with Crippen molar-refractivity contribution in [2.75, 3.05) is 5.32 Å². The minimum absolute atomic E-state index is 0.312. The number of carbonyl (C=O) groups is 1. The van der Waals surface area contributed by atoms with E-state index in [1.54, 1.807) is 35.0 Å². The van der Waals surface area contributed by atoms with Crippen LogP contribution in [-0.2, 0) is 7.05 Å². The molecule has 1 N–H and O–H groups in total. The number of benzene rings is 1. The van der Waals surface area contributed by atoms with E-state index in [-0.39, 0.29) is 5.91 Å². The van der Waals surface area contributed by atoms with Crippen LogP contribution in [-0.4, -0.2) is 21.4 Å². The molecule has 0 spiro atoms. The number of hydrogen-bond acceptors (Lipinski definition) is 4. The summed E-state index contributed by atoms with van der Waals surface area (Å²) in [5, 5.41) is 7.93. The number of anilines is 1. The van der Waals surface area contributed by atoms with Crippen LogP contribution in [0.25, 0.3) is 10.2 Å². The minimum atomic E-state index is -2.54. The lowest BCUT2D eigenvalue weighted by atomic mass is 10.3. The van der Waals surface area contributed by atoms with Crippen molar-refractivity contribution in [3.63, 3.8) is 0 Å². The van der Waals surface area contributed by atoms with Crippen LogP contribution in [0.2, 0.25) is 0 Å². The molecule has 0 radical (unpaired) electrons. The van der Waals surface area contributed by atoms with Gasteiger partial charge < -0.3 is 5.32 Å². The maximum absolute atomic E-state index is 12.6. The van der Waals surface area contributed by atoms with Gasteiger partial charge in [-0.2, -0.15) is 13.9 Å². The molecule has 0 bridgehead atoms. The van der Waals surface area contributed by atoms with Crippen molar-refractivity contribution in [1.29, 1.82) is 0 Å². The monoisotopic (exact) mass is 353 g/mol. The number of fused-ring (bicyclic) bond motifs is 1. The number of thiophene rings is 1. The summed E-state index contributed by atoms with van der Waals surface area (Å²) in [5.41, 5.74) is 1.24. The van der Waals surface area contributed by atoms with Gasteiger partial charge in [0.25, 0.3) is 11.7 Å². The Hall–Kier alpha value is -1.93. The number of nitrogens with zero attached hydrogens (tertiary/aromatic N) is 2. The number of thioether (sulfide) groups is 1. The van der Waals surface area contributed by atoms with E-state index in [1.807, 2.05) is 14.0 Å². The molecule has 3 rings (SSSR count). The molecule has 0 atom stereocenters. The average Bonchev–Trinajstić information content (AvgIpc) is 3.03. The summed E-state index contributed by atoms with van der Waals surface area (Å²) in [6, 6.07) is 8.31. The largest absolute Gasteiger partial charge is 0.320 e. The van der Waals surface area contributed by atoms with Gasteiger partial charge in [-0.05, 0) is 25.1 Å². The highest BCUT2D eigenvalue weighted by atomic mass is 32.2. The molecule has 2 heterocycles. The van der Waals surface area contributed by atoms with Gasteiger partial charge >= 0.3 is 0 Å². The third kappa shape index (κ3) is 3.23. The van der Waals surface area contributed by atoms with Crippen molar-refractivity contribution >= 4 is 44.9 Å². The van der Waals surface area contributed by atoms with Crippen LogP contribution in [0.3, 0.4) is 0 Å². The lowest BCUT2D eigenvalue weighted by Crippen LogP contribution is -2.11. The van der Waals surface area contributed by atoms with Crippen molar-refractivity contribution in [1.82, 2.24) is 9.78 Å². The smallest absolute Gasteiger partial charge is 0.288 e. The molecule has 1 aromatic carbocycles. The van der Waals surface area contributed by atoms with E-state index in [1.165, 1.54) is 11.3 Å². The zero-order chi connectivity index (χ0) is 16.6. The number of nitrogens with one attached hydrogen (secondary N) is 1. The third-order valence-corrected chi connectivity index (χ3v) is 5.26. The second kappa shape index (κ2) is 6.29. The highest BCUT2D eigenvalue weighted by Crippen LogP contribution is 2.33. The molecular weight excluding hydrogens is 340 g/mol. The van der Waals surface area contributed by atoms with Gasteiger partial charge in [0.15, 0.2) is 0 Å². The predicted molar refractivity (Wildman–Crippen MR) is 89.6 cm³/mol. The fourth-order valence-corrected chi connectivity index (χ4v) is 3.88. The summed E-state index contributed by atoms with van der Waals surface area (Å²) in [6.45, 7) is 1.88. The number of aryl methyl sites for hydroxylation is 2. The molecule has 0 saturated carbocycles. The van der Waals surface area contributed by atoms with Crippen LogP contribution in [0.15, 0.2) is 35.2 Å². The van der Waals surface area contributed by atoms with Crippen molar-refractivity contribution in [3.05, 3.63) is 40.9 Å². The lowest BCUT2D eigenvalue weighted by Gasteiger charge is -2.09. The number of halogens is 2. The van der Waals surface area contributed by atoms with Crippen LogP contribution in [0, 0.1) is 6.92 Å². The van der Waals surface area contributed by atoms with Crippen molar-refractivity contribution < 1.29 is 13.6 Å². The number of amides is 1. The number of alkyl halides is 2. The van der Waals surface area contributed by atoms with Gasteiger partial charge in [0, 0.05) is 17.3 Å². The molecule has 1 amide bonds. The average molecular weight is 353 g/mol. The van der Waals surface area contributed by atoms with Crippen LogP contribution < -0.4 is 5.32 Å². The van der Waals surface area contributed by atoms with Crippen molar-refractivity contribution in [2.45, 2.75) is 17.6 Å². The second-order valence-corrected chi connectivity index (χ2v) is 6.93. The van der Waals surface area contributed by atoms with Crippen LogP contribution in [0.4, 0.5) is 14.5 Å². The van der Waals surface area contributed by atoms with E-state index >= 15 is 0 Å². The molecule has 0 unspecified atom stereocenters. The molecule has 23 heavy (non-hydrogen) atoms. The van der Waals surface area contributed by atoms with E-state index in [2.05, 4.69) is 10.4 Å². The van der Waals surface area contributed by atoms with Gasteiger partial charge in [-0.15, -0.1) is 11.3 Å². The molecule has 8 heteroatoms. The van der Waals surface area contributed by atoms with Gasteiger partial charge in [-0.25, -0.2) is 0 Å². The van der Waals surface area contributed by atoms with Gasteiger partial charge in [-0.1, -0.05) is 23.9 Å². The standard InChI is InChI=1S/C15H13F2N3OS2/c1-8-9-7-12(22-14(9)20(2)19-8)13(21)18-10-5-3-4-6-11(10)23-15(16)17/h3-7,15H,1-2H3,(H,18,21). The van der Waals surface area contributed by atoms with Crippen molar-refractivity contribution in [3.8, 4) is 0 Å². The fraction of sp³-hybridized carbons (Fsp3) is 0.200. The first-order valence-corrected chi connectivity index (χ1v) is 8.43. The molecule has 4 nitrogen and oxygen atoms in total. The van der Waals surface area contributed by atoms with Gasteiger partial charge in [0.05, 0.1) is 16.3 Å². The molecular formula is C15H13F2N3OS2. The molecule has 3 aromatic rings. The quantitative estimate of drug-likeness (QED) is 0.702. The van der Waals surface area contributed by atoms with Gasteiger partial charge in [0.2, 0.25) is 0 Å². The van der Waals surface area contributed by atoms with Crippen LogP contribution in [0.5, 0.6) is 0 Å². The summed E-state index contributed by atoms with van der Waals surface area (Å²) in [5.74, 6) is -2.85. The lowest BCUT2D eigenvalue weighted by molar-refractivity contribution is 0.103. The molecule has 0 aliphatic carbocycles. The molecule has 2 aromatic heterocycles. The van der Waals surface area contributed by atoms with E-state index in [9.17, 15) is 13.6 Å². The van der Waals surface area contributed by atoms with E-state index in [4.69, 9.17) is 0 Å². The number of carbonyl (C=O) groups excluding carboxylic acids is 1. The predicted octanol–water partition coefficient (Wildman–Crippen LogP) is 4.51. The van der Waals surface area contributed by atoms with Crippen LogP contribution in [0.1, 0.15) is 15.4 Å². The SMILES string of the molecule is Cc1nn(C)c2sc(C(=O)Nc3ccccc3SC(F)F)cc12. The summed E-state index contributed by atoms with van der Waals surface area (Å²) < 4.78 is 26.9. The maximum atomic E-state index is 12.6. The van der Waals surface area contributed by atoms with E-state index < -0.39 is 5.76 Å². The molecule has 0 fully saturated rings. The van der Waals surface area contributed by atoms with Gasteiger partial charge in [-0.3, -0.25) is 9.48 Å². The van der Waals surface area contributed by atoms with Crippen LogP contribution >= 0.6 is 23.1 Å². The maximum Gasteiger partial charge on any atom is 0.288 e. The first-order chi connectivity index (χ1) is 11.0. The summed E-state index contributed by atoms with van der Waals surface area (Å²) in [4.78, 5) is 14.2. The van der Waals surface area contributed by atoms with Gasteiger partial charge in [0.1, 0.15) is 4.83 Å².